The third kappa shape index (κ3) is 6.56. The minimum absolute atomic E-state index is 0.142. The van der Waals surface area contributed by atoms with Gasteiger partial charge in [-0.25, -0.2) is 4.79 Å². The molecule has 1 rings (SSSR count). The second kappa shape index (κ2) is 9.36. The Morgan fingerprint density at radius 1 is 1.20 bits per heavy atom. The lowest BCUT2D eigenvalue weighted by Gasteiger charge is -2.21. The number of nitrogens with zero attached hydrogens (tertiary/aromatic N) is 1. The van der Waals surface area contributed by atoms with Crippen LogP contribution >= 0.6 is 15.9 Å². The predicted molar refractivity (Wildman–Crippen MR) is 80.4 cm³/mol. The quantitative estimate of drug-likeness (QED) is 0.736. The molecular formula is C14H19BrN2O3. The smallest absolute Gasteiger partial charge is 0.410 e. The van der Waals surface area contributed by atoms with Crippen molar-refractivity contribution >= 4 is 27.9 Å². The van der Waals surface area contributed by atoms with Gasteiger partial charge < -0.3 is 15.4 Å². The normalized spacial score (nSPS) is 10.1. The number of carbonyl (C=O) groups excluding carboxylic acids is 2. The van der Waals surface area contributed by atoms with Crippen LogP contribution in [0.5, 0.6) is 0 Å². The van der Waals surface area contributed by atoms with Crippen LogP contribution in [0.4, 0.5) is 4.79 Å². The number of carbonyl (C=O) groups is 2. The lowest BCUT2D eigenvalue weighted by molar-refractivity contribution is -0.118. The second-order valence-corrected chi connectivity index (χ2v) is 5.08. The van der Waals surface area contributed by atoms with Crippen LogP contribution in [0.25, 0.3) is 0 Å². The number of hydrogen-bond donors (Lipinski definition) is 1. The molecule has 1 aromatic carbocycles. The summed E-state index contributed by atoms with van der Waals surface area (Å²) in [6.07, 6.45) is 0.512. The number of ether oxygens (including phenoxy) is 1. The Bertz CT molecular complexity index is 426. The van der Waals surface area contributed by atoms with E-state index in [0.717, 1.165) is 17.3 Å². The number of rotatable bonds is 8. The molecule has 0 aliphatic heterocycles. The van der Waals surface area contributed by atoms with Crippen LogP contribution in [0.1, 0.15) is 18.4 Å². The first kappa shape index (κ1) is 16.5. The van der Waals surface area contributed by atoms with Crippen LogP contribution in [0.3, 0.4) is 0 Å². The number of amides is 2. The highest BCUT2D eigenvalue weighted by Crippen LogP contribution is 2.05. The standard InChI is InChI=1S/C14H19BrN2O3/c15-8-4-9-17(10-7-13(16)18)14(19)20-11-12-5-2-1-3-6-12/h1-3,5-6H,4,7-11H2,(H2,16,18). The summed E-state index contributed by atoms with van der Waals surface area (Å²) in [4.78, 5) is 24.3. The Balaban J connectivity index is 2.46. The van der Waals surface area contributed by atoms with E-state index in [1.807, 2.05) is 30.3 Å². The summed E-state index contributed by atoms with van der Waals surface area (Å²) in [6.45, 7) is 1.04. The van der Waals surface area contributed by atoms with Gasteiger partial charge in [-0.15, -0.1) is 0 Å². The van der Waals surface area contributed by atoms with Crippen LogP contribution in [0.2, 0.25) is 0 Å². The van der Waals surface area contributed by atoms with Gasteiger partial charge in [0.1, 0.15) is 6.61 Å². The van der Waals surface area contributed by atoms with Crippen molar-refractivity contribution < 1.29 is 14.3 Å². The van der Waals surface area contributed by atoms with E-state index < -0.39 is 12.0 Å². The molecule has 0 unspecified atom stereocenters. The summed E-state index contributed by atoms with van der Waals surface area (Å²) in [5.74, 6) is -0.426. The fourth-order valence-corrected chi connectivity index (χ4v) is 1.85. The summed E-state index contributed by atoms with van der Waals surface area (Å²) in [5, 5.41) is 0.784. The van der Waals surface area contributed by atoms with E-state index in [1.54, 1.807) is 0 Å². The monoisotopic (exact) mass is 342 g/mol. The molecule has 0 atom stereocenters. The molecule has 0 aliphatic rings. The van der Waals surface area contributed by atoms with Gasteiger partial charge in [-0.05, 0) is 12.0 Å². The third-order valence-electron chi connectivity index (χ3n) is 2.65. The van der Waals surface area contributed by atoms with Gasteiger partial charge in [0.25, 0.3) is 0 Å². The summed E-state index contributed by atoms with van der Waals surface area (Å²) in [5.41, 5.74) is 6.03. The van der Waals surface area contributed by atoms with Crippen molar-refractivity contribution in [3.63, 3.8) is 0 Å². The van der Waals surface area contributed by atoms with Crippen molar-refractivity contribution in [2.75, 3.05) is 18.4 Å². The first-order chi connectivity index (χ1) is 9.63. The number of hydrogen-bond acceptors (Lipinski definition) is 3. The summed E-state index contributed by atoms with van der Waals surface area (Å²) < 4.78 is 5.24. The van der Waals surface area contributed by atoms with Crippen LogP contribution in [-0.4, -0.2) is 35.3 Å². The van der Waals surface area contributed by atoms with E-state index in [9.17, 15) is 9.59 Å². The van der Waals surface area contributed by atoms with Crippen LogP contribution in [-0.2, 0) is 16.1 Å². The molecule has 0 aliphatic carbocycles. The minimum Gasteiger partial charge on any atom is -0.445 e. The summed E-state index contributed by atoms with van der Waals surface area (Å²) >= 11 is 3.31. The SMILES string of the molecule is NC(=O)CCN(CCCBr)C(=O)OCc1ccccc1. The number of primary amides is 1. The van der Waals surface area contributed by atoms with Crippen molar-refractivity contribution in [3.05, 3.63) is 35.9 Å². The van der Waals surface area contributed by atoms with E-state index in [0.29, 0.717) is 6.54 Å². The van der Waals surface area contributed by atoms with Gasteiger partial charge in [-0.2, -0.15) is 0 Å². The molecular weight excluding hydrogens is 324 g/mol. The van der Waals surface area contributed by atoms with Gasteiger partial charge in [0, 0.05) is 24.8 Å². The van der Waals surface area contributed by atoms with E-state index in [4.69, 9.17) is 10.5 Å². The number of benzene rings is 1. The molecule has 0 saturated heterocycles. The molecule has 0 aromatic heterocycles. The van der Waals surface area contributed by atoms with E-state index in [-0.39, 0.29) is 19.6 Å². The molecule has 0 radical (unpaired) electrons. The van der Waals surface area contributed by atoms with Crippen molar-refractivity contribution in [2.24, 2.45) is 5.73 Å². The average molecular weight is 343 g/mol. The van der Waals surface area contributed by atoms with Gasteiger partial charge >= 0.3 is 6.09 Å². The van der Waals surface area contributed by atoms with Crippen LogP contribution in [0, 0.1) is 0 Å². The molecule has 0 bridgehead atoms. The number of halogens is 1. The zero-order valence-electron chi connectivity index (χ0n) is 11.3. The van der Waals surface area contributed by atoms with Crippen LogP contribution < -0.4 is 5.73 Å². The lowest BCUT2D eigenvalue weighted by Crippen LogP contribution is -2.35. The van der Waals surface area contributed by atoms with Gasteiger partial charge in [-0.1, -0.05) is 46.3 Å². The number of nitrogens with two attached hydrogens (primary N) is 1. The molecule has 0 spiro atoms. The molecule has 2 N–H and O–H groups in total. The molecule has 2 amide bonds. The Morgan fingerprint density at radius 3 is 2.50 bits per heavy atom. The van der Waals surface area contributed by atoms with Gasteiger partial charge in [0.05, 0.1) is 0 Å². The average Bonchev–Trinajstić information content (AvgIpc) is 2.45. The van der Waals surface area contributed by atoms with Crippen molar-refractivity contribution in [3.8, 4) is 0 Å². The molecule has 110 valence electrons. The fourth-order valence-electron chi connectivity index (χ4n) is 1.60. The van der Waals surface area contributed by atoms with Crippen LogP contribution in [0.15, 0.2) is 30.3 Å². The zero-order valence-corrected chi connectivity index (χ0v) is 12.8. The second-order valence-electron chi connectivity index (χ2n) is 4.29. The first-order valence-electron chi connectivity index (χ1n) is 6.43. The Kier molecular flexibility index (Phi) is 7.72. The largest absolute Gasteiger partial charge is 0.445 e. The number of alkyl halides is 1. The molecule has 1 aromatic rings. The lowest BCUT2D eigenvalue weighted by atomic mass is 10.2. The maximum atomic E-state index is 12.0. The molecule has 0 saturated carbocycles. The molecule has 0 fully saturated rings. The predicted octanol–water partition coefficient (Wildman–Crippen LogP) is 2.29. The highest BCUT2D eigenvalue weighted by Gasteiger charge is 2.15. The highest BCUT2D eigenvalue weighted by atomic mass is 79.9. The van der Waals surface area contributed by atoms with Gasteiger partial charge in [0.2, 0.25) is 5.91 Å². The zero-order chi connectivity index (χ0) is 14.8. The van der Waals surface area contributed by atoms with Crippen molar-refractivity contribution in [2.45, 2.75) is 19.4 Å². The van der Waals surface area contributed by atoms with E-state index >= 15 is 0 Å². The molecule has 5 nitrogen and oxygen atoms in total. The fraction of sp³-hybridized carbons (Fsp3) is 0.429. The first-order valence-corrected chi connectivity index (χ1v) is 7.55. The van der Waals surface area contributed by atoms with Crippen molar-refractivity contribution in [1.29, 1.82) is 0 Å². The van der Waals surface area contributed by atoms with E-state index in [1.165, 1.54) is 4.90 Å². The molecule has 20 heavy (non-hydrogen) atoms. The summed E-state index contributed by atoms with van der Waals surface area (Å²) in [7, 11) is 0. The van der Waals surface area contributed by atoms with Gasteiger partial charge in [0.15, 0.2) is 0 Å². The maximum absolute atomic E-state index is 12.0. The Morgan fingerprint density at radius 2 is 1.90 bits per heavy atom. The molecule has 0 heterocycles. The molecule has 6 heteroatoms. The van der Waals surface area contributed by atoms with Gasteiger partial charge in [-0.3, -0.25) is 4.79 Å². The third-order valence-corrected chi connectivity index (χ3v) is 3.21. The highest BCUT2D eigenvalue weighted by molar-refractivity contribution is 9.09. The maximum Gasteiger partial charge on any atom is 0.410 e. The Labute approximate surface area is 127 Å². The topological polar surface area (TPSA) is 72.6 Å². The minimum atomic E-state index is -0.426. The van der Waals surface area contributed by atoms with E-state index in [2.05, 4.69) is 15.9 Å². The summed E-state index contributed by atoms with van der Waals surface area (Å²) in [6, 6.07) is 9.46. The Hall–Kier alpha value is -1.56. The van der Waals surface area contributed by atoms with Crippen molar-refractivity contribution in [1.82, 2.24) is 4.90 Å².